The number of ether oxygens (including phenoxy) is 1. The Kier molecular flexibility index (Phi) is 6.53. The van der Waals surface area contributed by atoms with Gasteiger partial charge in [-0.3, -0.25) is 9.78 Å². The van der Waals surface area contributed by atoms with Crippen LogP contribution in [0.4, 0.5) is 14.9 Å². The van der Waals surface area contributed by atoms with Gasteiger partial charge in [0.25, 0.3) is 5.91 Å². The van der Waals surface area contributed by atoms with Crippen molar-refractivity contribution in [3.63, 3.8) is 0 Å². The second kappa shape index (κ2) is 9.56. The van der Waals surface area contributed by atoms with E-state index in [-0.39, 0.29) is 12.5 Å². The van der Waals surface area contributed by atoms with Gasteiger partial charge in [-0.25, -0.2) is 9.18 Å². The van der Waals surface area contributed by atoms with Crippen LogP contribution in [-0.4, -0.2) is 57.1 Å². The molecule has 0 spiro atoms. The van der Waals surface area contributed by atoms with Gasteiger partial charge in [0, 0.05) is 30.9 Å². The van der Waals surface area contributed by atoms with E-state index in [0.717, 1.165) is 10.9 Å². The molecule has 10 heteroatoms. The average molecular weight is 477 g/mol. The molecule has 2 amide bonds. The molecule has 35 heavy (non-hydrogen) atoms. The van der Waals surface area contributed by atoms with Crippen LogP contribution in [-0.2, 0) is 11.2 Å². The molecule has 4 rings (SSSR count). The van der Waals surface area contributed by atoms with E-state index in [4.69, 9.17) is 4.74 Å². The van der Waals surface area contributed by atoms with Crippen LogP contribution in [0.15, 0.2) is 48.9 Å². The van der Waals surface area contributed by atoms with Crippen molar-refractivity contribution < 1.29 is 23.8 Å². The highest BCUT2D eigenvalue weighted by molar-refractivity contribution is 6.00. The van der Waals surface area contributed by atoms with Gasteiger partial charge in [0.05, 0.1) is 18.1 Å². The predicted molar refractivity (Wildman–Crippen MR) is 125 cm³/mol. The number of aromatic nitrogens is 3. The third-order valence-electron chi connectivity index (χ3n) is 5.18. The lowest BCUT2D eigenvalue weighted by molar-refractivity contribution is -0.120. The number of likely N-dealkylation sites (N-methyl/N-ethyl adjacent to an activating group) is 1. The molecule has 2 N–H and O–H groups in total. The number of pyridine rings is 1. The summed E-state index contributed by atoms with van der Waals surface area (Å²) in [6.45, 7) is 3.10. The molecule has 1 atom stereocenters. The molecule has 2 aromatic heterocycles. The minimum absolute atomic E-state index is 0.0652. The van der Waals surface area contributed by atoms with Crippen molar-refractivity contribution in [2.24, 2.45) is 0 Å². The number of aliphatic hydroxyl groups is 1. The number of halogens is 1. The van der Waals surface area contributed by atoms with Crippen LogP contribution < -0.4 is 15.0 Å². The highest BCUT2D eigenvalue weighted by atomic mass is 19.1. The van der Waals surface area contributed by atoms with Gasteiger partial charge in [-0.05, 0) is 49.7 Å². The third-order valence-corrected chi connectivity index (χ3v) is 5.18. The van der Waals surface area contributed by atoms with Gasteiger partial charge in [0.15, 0.2) is 0 Å². The Hall–Kier alpha value is -4.23. The summed E-state index contributed by atoms with van der Waals surface area (Å²) in [7, 11) is 1.59. The fourth-order valence-electron chi connectivity index (χ4n) is 3.40. The molecule has 3 heterocycles. The summed E-state index contributed by atoms with van der Waals surface area (Å²) in [5, 5.41) is 16.5. The Bertz CT molecular complexity index is 1320. The Morgan fingerprint density at radius 1 is 1.31 bits per heavy atom. The molecule has 0 aliphatic carbocycles. The molecule has 1 aliphatic heterocycles. The van der Waals surface area contributed by atoms with E-state index in [9.17, 15) is 19.1 Å². The SMILES string of the molecule is CN1C(=O)[C@@H](NC(=O)n2cc(Cc3ccc(F)cn3)cn2)COc2ccc(C#CC(C)(C)O)cc21. The fraction of sp³-hybridized carbons (Fsp3) is 0.280. The molecule has 1 aromatic carbocycles. The summed E-state index contributed by atoms with van der Waals surface area (Å²) in [4.78, 5) is 31.2. The lowest BCUT2D eigenvalue weighted by Gasteiger charge is -2.20. The predicted octanol–water partition coefficient (Wildman–Crippen LogP) is 2.11. The molecular weight excluding hydrogens is 453 g/mol. The smallest absolute Gasteiger partial charge is 0.342 e. The first-order chi connectivity index (χ1) is 16.6. The zero-order valence-electron chi connectivity index (χ0n) is 19.4. The topological polar surface area (TPSA) is 110 Å². The monoisotopic (exact) mass is 477 g/mol. The summed E-state index contributed by atoms with van der Waals surface area (Å²) in [5.74, 6) is 5.29. The second-order valence-corrected chi connectivity index (χ2v) is 8.64. The standard InChI is InChI=1S/C25H24FN5O4/c1-25(2,34)9-8-16-4-7-22-21(11-16)30(3)23(32)20(15-35-22)29-24(33)31-14-17(12-28-31)10-19-6-5-18(26)13-27-19/h4-7,11-14,20,34H,10,15H2,1-3H3,(H,29,33)/t20-/m0/s1. The van der Waals surface area contributed by atoms with Crippen molar-refractivity contribution in [3.8, 4) is 17.6 Å². The Morgan fingerprint density at radius 2 is 2.11 bits per heavy atom. The maximum atomic E-state index is 13.1. The molecule has 1 aliphatic rings. The van der Waals surface area contributed by atoms with Crippen molar-refractivity contribution in [1.29, 1.82) is 0 Å². The molecule has 3 aromatic rings. The number of fused-ring (bicyclic) bond motifs is 1. The van der Waals surface area contributed by atoms with Gasteiger partial charge in [0.1, 0.15) is 29.8 Å². The third kappa shape index (κ3) is 5.83. The van der Waals surface area contributed by atoms with Crippen molar-refractivity contribution in [2.45, 2.75) is 31.9 Å². The Morgan fingerprint density at radius 3 is 2.83 bits per heavy atom. The number of benzene rings is 1. The van der Waals surface area contributed by atoms with Gasteiger partial charge >= 0.3 is 6.03 Å². The quantitative estimate of drug-likeness (QED) is 0.560. The van der Waals surface area contributed by atoms with E-state index >= 15 is 0 Å². The number of nitrogens with one attached hydrogen (secondary N) is 1. The lowest BCUT2D eigenvalue weighted by Crippen LogP contribution is -2.50. The largest absolute Gasteiger partial charge is 0.489 e. The van der Waals surface area contributed by atoms with E-state index in [1.165, 1.54) is 23.4 Å². The minimum Gasteiger partial charge on any atom is -0.489 e. The van der Waals surface area contributed by atoms with Crippen LogP contribution in [0.25, 0.3) is 0 Å². The fourth-order valence-corrected chi connectivity index (χ4v) is 3.40. The van der Waals surface area contributed by atoms with Gasteiger partial charge in [0.2, 0.25) is 0 Å². The zero-order chi connectivity index (χ0) is 25.2. The van der Waals surface area contributed by atoms with Gasteiger partial charge in [-0.1, -0.05) is 11.8 Å². The Balaban J connectivity index is 1.45. The van der Waals surface area contributed by atoms with E-state index in [0.29, 0.717) is 34.7 Å². The van der Waals surface area contributed by atoms with Crippen LogP contribution in [0.5, 0.6) is 5.75 Å². The van der Waals surface area contributed by atoms with Gasteiger partial charge in [-0.15, -0.1) is 0 Å². The lowest BCUT2D eigenvalue weighted by atomic mass is 10.1. The number of hydrogen-bond acceptors (Lipinski definition) is 6. The summed E-state index contributed by atoms with van der Waals surface area (Å²) in [6.07, 6.45) is 4.53. The van der Waals surface area contributed by atoms with Crippen molar-refractivity contribution in [1.82, 2.24) is 20.1 Å². The summed E-state index contributed by atoms with van der Waals surface area (Å²) in [6, 6.07) is 6.45. The van der Waals surface area contributed by atoms with Gasteiger partial charge < -0.3 is 20.1 Å². The number of rotatable bonds is 3. The maximum Gasteiger partial charge on any atom is 0.342 e. The van der Waals surface area contributed by atoms with Crippen LogP contribution in [0.1, 0.15) is 30.7 Å². The number of nitrogens with zero attached hydrogens (tertiary/aromatic N) is 4. The molecular formula is C25H24FN5O4. The molecule has 0 saturated carbocycles. The van der Waals surface area contributed by atoms with E-state index in [2.05, 4.69) is 27.2 Å². The maximum absolute atomic E-state index is 13.1. The number of amides is 2. The van der Waals surface area contributed by atoms with Crippen LogP contribution >= 0.6 is 0 Å². The van der Waals surface area contributed by atoms with Gasteiger partial charge in [-0.2, -0.15) is 9.78 Å². The molecule has 9 nitrogen and oxygen atoms in total. The normalized spacial score (nSPS) is 15.4. The number of hydrogen-bond donors (Lipinski definition) is 2. The summed E-state index contributed by atoms with van der Waals surface area (Å²) < 4.78 is 19.9. The highest BCUT2D eigenvalue weighted by Crippen LogP contribution is 2.31. The van der Waals surface area contributed by atoms with Crippen LogP contribution in [0.3, 0.4) is 0 Å². The van der Waals surface area contributed by atoms with Crippen molar-refractivity contribution in [2.75, 3.05) is 18.6 Å². The first kappa shape index (κ1) is 23.9. The van der Waals surface area contributed by atoms with Crippen LogP contribution in [0, 0.1) is 17.7 Å². The number of carbonyl (C=O) groups is 2. The van der Waals surface area contributed by atoms with Crippen molar-refractivity contribution in [3.05, 3.63) is 71.6 Å². The first-order valence-corrected chi connectivity index (χ1v) is 10.8. The Labute approximate surface area is 201 Å². The minimum atomic E-state index is -1.15. The second-order valence-electron chi connectivity index (χ2n) is 8.64. The molecule has 180 valence electrons. The molecule has 0 fully saturated rings. The van der Waals surface area contributed by atoms with E-state index < -0.39 is 23.5 Å². The molecule has 0 saturated heterocycles. The first-order valence-electron chi connectivity index (χ1n) is 10.8. The van der Waals surface area contributed by atoms with Crippen molar-refractivity contribution >= 4 is 17.6 Å². The molecule has 0 radical (unpaired) electrons. The summed E-state index contributed by atoms with van der Waals surface area (Å²) in [5.41, 5.74) is 1.29. The number of carbonyl (C=O) groups excluding carboxylic acids is 2. The average Bonchev–Trinajstić information content (AvgIpc) is 3.25. The molecule has 0 bridgehead atoms. The van der Waals surface area contributed by atoms with Crippen LogP contribution in [0.2, 0.25) is 0 Å². The van der Waals surface area contributed by atoms with E-state index in [1.807, 2.05) is 0 Å². The summed E-state index contributed by atoms with van der Waals surface area (Å²) >= 11 is 0. The number of anilines is 1. The molecule has 0 unspecified atom stereocenters. The zero-order valence-corrected chi connectivity index (χ0v) is 19.4. The van der Waals surface area contributed by atoms with E-state index in [1.54, 1.807) is 45.2 Å². The highest BCUT2D eigenvalue weighted by Gasteiger charge is 2.31.